The van der Waals surface area contributed by atoms with Crippen molar-refractivity contribution in [1.82, 2.24) is 5.16 Å². The van der Waals surface area contributed by atoms with Crippen molar-refractivity contribution in [1.29, 1.82) is 0 Å². The number of rotatable bonds is 7. The maximum Gasteiger partial charge on any atom is 0.282 e. The van der Waals surface area contributed by atoms with Gasteiger partial charge in [0.25, 0.3) is 5.91 Å². The third-order valence-electron chi connectivity index (χ3n) is 5.15. The molecular weight excluding hydrogens is 356 g/mol. The van der Waals surface area contributed by atoms with E-state index >= 15 is 0 Å². The van der Waals surface area contributed by atoms with Gasteiger partial charge in [0.05, 0.1) is 12.3 Å². The number of ether oxygens (including phenoxy) is 1. The third-order valence-corrected chi connectivity index (χ3v) is 7.40. The van der Waals surface area contributed by atoms with Crippen molar-refractivity contribution in [2.24, 2.45) is 5.92 Å². The number of amides is 1. The van der Waals surface area contributed by atoms with Crippen LogP contribution in [0.5, 0.6) is 0 Å². The zero-order valence-corrected chi connectivity index (χ0v) is 17.0. The highest BCUT2D eigenvalue weighted by Crippen LogP contribution is 2.32. The normalized spacial score (nSPS) is 19.2. The van der Waals surface area contributed by atoms with Gasteiger partial charge in [0.1, 0.15) is 5.25 Å². The lowest BCUT2D eigenvalue weighted by atomic mass is 9.91. The number of anilines is 1. The number of nitrogens with one attached hydrogen (secondary N) is 1. The Balaban J connectivity index is 2.04. The molecule has 0 bridgehead atoms. The molecule has 0 spiro atoms. The number of hydrogen-bond acceptors (Lipinski definition) is 6. The number of aliphatic hydroxyl groups is 1. The molecule has 1 aliphatic heterocycles. The van der Waals surface area contributed by atoms with Crippen LogP contribution in [0.15, 0.2) is 10.6 Å². The van der Waals surface area contributed by atoms with Gasteiger partial charge in [0, 0.05) is 30.6 Å². The first kappa shape index (κ1) is 21.2. The molecule has 1 aliphatic rings. The SMILES string of the molecule is CC(C1CCOCC1)[S+]([O-])C(C)(C)C(=O)Nc1cc(C(C)(C)CO)no1. The molecule has 26 heavy (non-hydrogen) atoms. The molecule has 2 unspecified atom stereocenters. The number of carbonyl (C=O) groups excluding carboxylic acids is 1. The summed E-state index contributed by atoms with van der Waals surface area (Å²) in [6, 6.07) is 1.59. The van der Waals surface area contributed by atoms with Gasteiger partial charge in [-0.2, -0.15) is 0 Å². The average Bonchev–Trinajstić information content (AvgIpc) is 3.10. The van der Waals surface area contributed by atoms with Crippen molar-refractivity contribution in [2.75, 3.05) is 25.1 Å². The first-order valence-corrected chi connectivity index (χ1v) is 10.2. The van der Waals surface area contributed by atoms with Crippen LogP contribution in [0.25, 0.3) is 0 Å². The second-order valence-corrected chi connectivity index (χ2v) is 10.4. The van der Waals surface area contributed by atoms with Crippen LogP contribution in [0.3, 0.4) is 0 Å². The van der Waals surface area contributed by atoms with Crippen LogP contribution < -0.4 is 5.32 Å². The number of aromatic nitrogens is 1. The fourth-order valence-electron chi connectivity index (χ4n) is 2.91. The van der Waals surface area contributed by atoms with Gasteiger partial charge >= 0.3 is 0 Å². The summed E-state index contributed by atoms with van der Waals surface area (Å²) in [5.74, 6) is 0.105. The Bertz CT molecular complexity index is 610. The van der Waals surface area contributed by atoms with Crippen molar-refractivity contribution in [3.05, 3.63) is 11.8 Å². The van der Waals surface area contributed by atoms with E-state index in [0.717, 1.165) is 12.8 Å². The fraction of sp³-hybridized carbons (Fsp3) is 0.778. The molecule has 1 aromatic rings. The van der Waals surface area contributed by atoms with Gasteiger partial charge in [0.2, 0.25) is 5.88 Å². The number of nitrogens with zero attached hydrogens (tertiary/aromatic N) is 1. The van der Waals surface area contributed by atoms with Crippen molar-refractivity contribution in [3.8, 4) is 0 Å². The summed E-state index contributed by atoms with van der Waals surface area (Å²) in [5, 5.41) is 15.9. The molecule has 1 fully saturated rings. The summed E-state index contributed by atoms with van der Waals surface area (Å²) in [4.78, 5) is 12.7. The van der Waals surface area contributed by atoms with Crippen molar-refractivity contribution >= 4 is 23.0 Å². The molecule has 0 aliphatic carbocycles. The molecule has 8 heteroatoms. The van der Waals surface area contributed by atoms with Gasteiger partial charge in [-0.15, -0.1) is 0 Å². The predicted octanol–water partition coefficient (Wildman–Crippen LogP) is 2.23. The molecular formula is C18H30N2O5S. The number of hydrogen-bond donors (Lipinski definition) is 2. The predicted molar refractivity (Wildman–Crippen MR) is 100 cm³/mol. The highest BCUT2D eigenvalue weighted by molar-refractivity contribution is 7.94. The van der Waals surface area contributed by atoms with E-state index in [4.69, 9.17) is 9.26 Å². The summed E-state index contributed by atoms with van der Waals surface area (Å²) in [6.07, 6.45) is 1.73. The van der Waals surface area contributed by atoms with Crippen LogP contribution in [0.1, 0.15) is 53.2 Å². The monoisotopic (exact) mass is 386 g/mol. The molecule has 148 valence electrons. The molecule has 7 nitrogen and oxygen atoms in total. The van der Waals surface area contributed by atoms with Gasteiger partial charge in [-0.1, -0.05) is 19.0 Å². The van der Waals surface area contributed by atoms with Gasteiger partial charge < -0.3 is 18.9 Å². The van der Waals surface area contributed by atoms with E-state index in [1.165, 1.54) is 0 Å². The molecule has 1 amide bonds. The van der Waals surface area contributed by atoms with Gasteiger partial charge in [-0.05, 0) is 44.8 Å². The first-order chi connectivity index (χ1) is 12.1. The van der Waals surface area contributed by atoms with Crippen LogP contribution in [0.2, 0.25) is 0 Å². The van der Waals surface area contributed by atoms with Crippen LogP contribution >= 0.6 is 0 Å². The lowest BCUT2D eigenvalue weighted by molar-refractivity contribution is -0.118. The molecule has 2 heterocycles. The van der Waals surface area contributed by atoms with Crippen LogP contribution in [0, 0.1) is 5.92 Å². The zero-order valence-electron chi connectivity index (χ0n) is 16.2. The average molecular weight is 387 g/mol. The number of aliphatic hydroxyl groups excluding tert-OH is 1. The van der Waals surface area contributed by atoms with E-state index in [9.17, 15) is 14.5 Å². The quantitative estimate of drug-likeness (QED) is 0.696. The molecule has 1 aromatic heterocycles. The standard InChI is InChI=1S/C18H30N2O5S/c1-12(13-6-8-24-9-7-13)26(23)18(4,5)16(22)19-15-10-14(20-25-15)17(2,3)11-21/h10,12-13,21H,6-9,11H2,1-5H3,(H,19,22). The topological polar surface area (TPSA) is 108 Å². The minimum atomic E-state index is -1.36. The minimum absolute atomic E-state index is 0.0922. The highest BCUT2D eigenvalue weighted by Gasteiger charge is 2.46. The van der Waals surface area contributed by atoms with Gasteiger partial charge in [-0.3, -0.25) is 10.1 Å². The molecule has 1 saturated heterocycles. The second-order valence-electron chi connectivity index (χ2n) is 8.04. The molecule has 0 saturated carbocycles. The molecule has 2 N–H and O–H groups in total. The van der Waals surface area contributed by atoms with Crippen LogP contribution in [0.4, 0.5) is 5.88 Å². The van der Waals surface area contributed by atoms with E-state index in [-0.39, 0.29) is 23.6 Å². The van der Waals surface area contributed by atoms with E-state index in [2.05, 4.69) is 10.5 Å². The maximum atomic E-state index is 13.0. The Morgan fingerprint density at radius 1 is 1.42 bits per heavy atom. The lowest BCUT2D eigenvalue weighted by Crippen LogP contribution is -2.50. The lowest BCUT2D eigenvalue weighted by Gasteiger charge is -2.35. The second kappa shape index (κ2) is 8.29. The van der Waals surface area contributed by atoms with Crippen molar-refractivity contribution in [3.63, 3.8) is 0 Å². The fourth-order valence-corrected chi connectivity index (χ4v) is 4.70. The van der Waals surface area contributed by atoms with E-state index in [1.54, 1.807) is 19.9 Å². The summed E-state index contributed by atoms with van der Waals surface area (Å²) in [5.41, 5.74) is -0.0210. The Morgan fingerprint density at radius 3 is 2.62 bits per heavy atom. The summed E-state index contributed by atoms with van der Waals surface area (Å²) in [6.45, 7) is 10.2. The molecule has 2 atom stereocenters. The van der Waals surface area contributed by atoms with Crippen molar-refractivity contribution < 1.29 is 23.7 Å². The van der Waals surface area contributed by atoms with E-state index < -0.39 is 21.3 Å². The Kier molecular flexibility index (Phi) is 6.76. The number of carbonyl (C=O) groups is 1. The summed E-state index contributed by atoms with van der Waals surface area (Å²) in [7, 11) is 0. The third kappa shape index (κ3) is 4.60. The molecule has 2 rings (SSSR count). The Hall–Kier alpha value is -1.09. The Labute approximate surface area is 158 Å². The minimum Gasteiger partial charge on any atom is -0.615 e. The maximum absolute atomic E-state index is 13.0. The van der Waals surface area contributed by atoms with Crippen molar-refractivity contribution in [2.45, 2.75) is 62.9 Å². The smallest absolute Gasteiger partial charge is 0.282 e. The molecule has 0 aromatic carbocycles. The summed E-state index contributed by atoms with van der Waals surface area (Å²) >= 11 is -1.36. The van der Waals surface area contributed by atoms with Gasteiger partial charge in [-0.25, -0.2) is 0 Å². The molecule has 0 radical (unpaired) electrons. The van der Waals surface area contributed by atoms with Gasteiger partial charge in [0.15, 0.2) is 4.75 Å². The zero-order chi connectivity index (χ0) is 19.5. The van der Waals surface area contributed by atoms with E-state index in [1.807, 2.05) is 20.8 Å². The highest BCUT2D eigenvalue weighted by atomic mass is 32.2. The van der Waals surface area contributed by atoms with Crippen LogP contribution in [-0.2, 0) is 26.1 Å². The first-order valence-electron chi connectivity index (χ1n) is 8.97. The summed E-state index contributed by atoms with van der Waals surface area (Å²) < 4.78 is 22.5. The largest absolute Gasteiger partial charge is 0.615 e. The Morgan fingerprint density at radius 2 is 2.04 bits per heavy atom. The van der Waals surface area contributed by atoms with E-state index in [0.29, 0.717) is 24.8 Å². The van der Waals surface area contributed by atoms with Crippen LogP contribution in [-0.4, -0.2) is 50.5 Å².